The highest BCUT2D eigenvalue weighted by Crippen LogP contribution is 2.18. The minimum Gasteiger partial charge on any atom is -0.390 e. The normalized spacial score (nSPS) is 19.4. The maximum Gasteiger partial charge on any atom is 0.0853 e. The van der Waals surface area contributed by atoms with Crippen LogP contribution in [0.15, 0.2) is 0 Å². The Morgan fingerprint density at radius 2 is 1.73 bits per heavy atom. The van der Waals surface area contributed by atoms with Gasteiger partial charge in [0.2, 0.25) is 0 Å². The maximum absolute atomic E-state index is 9.13. The van der Waals surface area contributed by atoms with Crippen molar-refractivity contribution in [2.45, 2.75) is 23.3 Å². The highest BCUT2D eigenvalue weighted by Gasteiger charge is 2.23. The lowest BCUT2D eigenvalue weighted by atomic mass is 10.2. The highest BCUT2D eigenvalue weighted by molar-refractivity contribution is 6.31. The fourth-order valence-electron chi connectivity index (χ4n) is 0.590. The summed E-state index contributed by atoms with van der Waals surface area (Å²) in [7, 11) is 0. The van der Waals surface area contributed by atoms with E-state index in [4.69, 9.17) is 51.5 Å². The van der Waals surface area contributed by atoms with E-state index < -0.39 is 11.5 Å². The second kappa shape index (κ2) is 6.62. The number of rotatable bonds is 5. The van der Waals surface area contributed by atoms with E-state index in [0.717, 1.165) is 0 Å². The first-order valence-electron chi connectivity index (χ1n) is 3.21. The van der Waals surface area contributed by atoms with Crippen LogP contribution in [0.1, 0.15) is 6.42 Å². The van der Waals surface area contributed by atoms with E-state index >= 15 is 0 Å². The highest BCUT2D eigenvalue weighted by atomic mass is 35.5. The Bertz CT molecular complexity index is 101. The summed E-state index contributed by atoms with van der Waals surface area (Å²) in [6.07, 6.45) is -0.186. The van der Waals surface area contributed by atoms with Crippen LogP contribution in [-0.2, 0) is 0 Å². The topological polar surface area (TPSA) is 20.2 Å². The van der Waals surface area contributed by atoms with Crippen LogP contribution >= 0.6 is 46.4 Å². The fourth-order valence-corrected chi connectivity index (χ4v) is 1.71. The SMILES string of the molecule is OC(CCl)C(Cl)C(Cl)CCCl. The van der Waals surface area contributed by atoms with E-state index in [1.807, 2.05) is 0 Å². The number of aliphatic hydroxyl groups excluding tert-OH is 1. The third-order valence-electron chi connectivity index (χ3n) is 1.26. The van der Waals surface area contributed by atoms with Crippen LogP contribution in [0, 0.1) is 0 Å². The average molecular weight is 240 g/mol. The third-order valence-corrected chi connectivity index (χ3v) is 3.00. The molecular weight excluding hydrogens is 230 g/mol. The van der Waals surface area contributed by atoms with Crippen LogP contribution in [-0.4, -0.2) is 33.7 Å². The molecule has 68 valence electrons. The molecule has 0 aliphatic heterocycles. The third kappa shape index (κ3) is 4.64. The van der Waals surface area contributed by atoms with Crippen molar-refractivity contribution in [3.8, 4) is 0 Å². The number of hydrogen-bond acceptors (Lipinski definition) is 1. The summed E-state index contributed by atoms with van der Waals surface area (Å²) in [5.41, 5.74) is 0. The molecular formula is C6H10Cl4O. The molecule has 3 unspecified atom stereocenters. The van der Waals surface area contributed by atoms with Gasteiger partial charge in [0, 0.05) is 11.8 Å². The molecule has 1 nitrogen and oxygen atoms in total. The van der Waals surface area contributed by atoms with Gasteiger partial charge in [-0.1, -0.05) is 0 Å². The van der Waals surface area contributed by atoms with Crippen molar-refractivity contribution in [3.05, 3.63) is 0 Å². The van der Waals surface area contributed by atoms with Crippen LogP contribution in [0.3, 0.4) is 0 Å². The largest absolute Gasteiger partial charge is 0.390 e. The molecule has 0 aliphatic rings. The van der Waals surface area contributed by atoms with Crippen molar-refractivity contribution >= 4 is 46.4 Å². The summed E-state index contributed by atoms with van der Waals surface area (Å²) in [5, 5.41) is 8.29. The molecule has 1 N–H and O–H groups in total. The van der Waals surface area contributed by atoms with Gasteiger partial charge >= 0.3 is 0 Å². The van der Waals surface area contributed by atoms with Gasteiger partial charge in [-0.05, 0) is 6.42 Å². The first-order chi connectivity index (χ1) is 5.13. The van der Waals surface area contributed by atoms with E-state index in [-0.39, 0.29) is 11.3 Å². The van der Waals surface area contributed by atoms with E-state index in [1.54, 1.807) is 0 Å². The zero-order valence-corrected chi connectivity index (χ0v) is 8.84. The maximum atomic E-state index is 9.13. The van der Waals surface area contributed by atoms with Crippen molar-refractivity contribution in [2.75, 3.05) is 11.8 Å². The molecule has 0 amide bonds. The molecule has 5 heteroatoms. The molecule has 11 heavy (non-hydrogen) atoms. The molecule has 0 aromatic rings. The van der Waals surface area contributed by atoms with Crippen molar-refractivity contribution in [2.24, 2.45) is 0 Å². The molecule has 0 spiro atoms. The molecule has 0 bridgehead atoms. The second-order valence-corrected chi connectivity index (χ2v) is 3.91. The van der Waals surface area contributed by atoms with Gasteiger partial charge in [-0.2, -0.15) is 0 Å². The number of alkyl halides is 4. The molecule has 0 saturated heterocycles. The molecule has 0 aromatic heterocycles. The summed E-state index contributed by atoms with van der Waals surface area (Å²) in [6.45, 7) is 0. The smallest absolute Gasteiger partial charge is 0.0853 e. The van der Waals surface area contributed by atoms with Gasteiger partial charge in [-0.25, -0.2) is 0 Å². The van der Waals surface area contributed by atoms with Gasteiger partial charge in [0.05, 0.1) is 16.9 Å². The van der Waals surface area contributed by atoms with E-state index in [1.165, 1.54) is 0 Å². The average Bonchev–Trinajstić information content (AvgIpc) is 2.02. The Hall–Kier alpha value is 1.12. The van der Waals surface area contributed by atoms with Crippen molar-refractivity contribution in [3.63, 3.8) is 0 Å². The van der Waals surface area contributed by atoms with Crippen LogP contribution < -0.4 is 0 Å². The van der Waals surface area contributed by atoms with Gasteiger partial charge in [-0.15, -0.1) is 46.4 Å². The van der Waals surface area contributed by atoms with Gasteiger partial charge in [0.15, 0.2) is 0 Å². The number of halogens is 4. The van der Waals surface area contributed by atoms with Gasteiger partial charge in [0.25, 0.3) is 0 Å². The number of aliphatic hydroxyl groups is 1. The predicted octanol–water partition coefficient (Wildman–Crippen LogP) is 2.43. The lowest BCUT2D eigenvalue weighted by molar-refractivity contribution is 0.189. The lowest BCUT2D eigenvalue weighted by Gasteiger charge is -2.18. The Kier molecular flexibility index (Phi) is 7.29. The minimum absolute atomic E-state index is 0.0969. The van der Waals surface area contributed by atoms with Gasteiger partial charge < -0.3 is 5.11 Å². The van der Waals surface area contributed by atoms with Crippen molar-refractivity contribution < 1.29 is 5.11 Å². The zero-order valence-electron chi connectivity index (χ0n) is 5.81. The second-order valence-electron chi connectivity index (χ2n) is 2.16. The molecule has 0 aromatic carbocycles. The first-order valence-corrected chi connectivity index (χ1v) is 5.15. The standard InChI is InChI=1S/C6H10Cl4O/c7-2-1-4(9)6(10)5(11)3-8/h4-6,11H,1-3H2. The molecule has 0 saturated carbocycles. The van der Waals surface area contributed by atoms with E-state index in [0.29, 0.717) is 12.3 Å². The Morgan fingerprint density at radius 1 is 1.18 bits per heavy atom. The van der Waals surface area contributed by atoms with Gasteiger partial charge in [-0.3, -0.25) is 0 Å². The molecule has 0 aliphatic carbocycles. The Morgan fingerprint density at radius 3 is 2.09 bits per heavy atom. The molecule has 0 rings (SSSR count). The lowest BCUT2D eigenvalue weighted by Crippen LogP contribution is -2.31. The van der Waals surface area contributed by atoms with Gasteiger partial charge in [0.1, 0.15) is 0 Å². The summed E-state index contributed by atoms with van der Waals surface area (Å²) in [6, 6.07) is 0. The Labute approximate surface area is 86.6 Å². The van der Waals surface area contributed by atoms with Crippen LogP contribution in [0.2, 0.25) is 0 Å². The van der Waals surface area contributed by atoms with Crippen molar-refractivity contribution in [1.29, 1.82) is 0 Å². The predicted molar refractivity (Wildman–Crippen MR) is 51.3 cm³/mol. The monoisotopic (exact) mass is 238 g/mol. The minimum atomic E-state index is -0.760. The van der Waals surface area contributed by atoms with Crippen LogP contribution in [0.4, 0.5) is 0 Å². The zero-order chi connectivity index (χ0) is 8.85. The molecule has 0 fully saturated rings. The number of hydrogen-bond donors (Lipinski definition) is 1. The first kappa shape index (κ1) is 12.1. The molecule has 3 atom stereocenters. The quantitative estimate of drug-likeness (QED) is 0.731. The summed E-state index contributed by atoms with van der Waals surface area (Å²) >= 11 is 22.3. The summed E-state index contributed by atoms with van der Waals surface area (Å²) in [4.78, 5) is 0. The van der Waals surface area contributed by atoms with E-state index in [2.05, 4.69) is 0 Å². The fraction of sp³-hybridized carbons (Fsp3) is 1.00. The van der Waals surface area contributed by atoms with E-state index in [9.17, 15) is 0 Å². The molecule has 0 heterocycles. The summed E-state index contributed by atoms with van der Waals surface area (Å²) in [5.74, 6) is 0.534. The van der Waals surface area contributed by atoms with Crippen molar-refractivity contribution in [1.82, 2.24) is 0 Å². The Balaban J connectivity index is 3.70. The van der Waals surface area contributed by atoms with Crippen LogP contribution in [0.25, 0.3) is 0 Å². The molecule has 0 radical (unpaired) electrons. The summed E-state index contributed by atoms with van der Waals surface area (Å²) < 4.78 is 0. The van der Waals surface area contributed by atoms with Crippen LogP contribution in [0.5, 0.6) is 0 Å².